The van der Waals surface area contributed by atoms with Crippen molar-refractivity contribution in [3.63, 3.8) is 0 Å². The summed E-state index contributed by atoms with van der Waals surface area (Å²) in [5.41, 5.74) is 2.66. The van der Waals surface area contributed by atoms with E-state index in [1.54, 1.807) is 42.5 Å². The van der Waals surface area contributed by atoms with Gasteiger partial charge in [-0.2, -0.15) is 0 Å². The Morgan fingerprint density at radius 3 is 2.17 bits per heavy atom. The summed E-state index contributed by atoms with van der Waals surface area (Å²) in [5.74, 6) is -0.910. The fourth-order valence-electron chi connectivity index (χ4n) is 3.48. The van der Waals surface area contributed by atoms with Gasteiger partial charge in [0.1, 0.15) is 0 Å². The van der Waals surface area contributed by atoms with E-state index in [1.165, 1.54) is 0 Å². The van der Waals surface area contributed by atoms with Crippen molar-refractivity contribution < 1.29 is 18.0 Å². The number of sulfone groups is 1. The number of hydrogen-bond donors (Lipinski definition) is 2. The van der Waals surface area contributed by atoms with Gasteiger partial charge in [0.05, 0.1) is 11.3 Å². The number of carbonyl (C=O) groups is 2. The van der Waals surface area contributed by atoms with E-state index in [-0.39, 0.29) is 17.2 Å². The van der Waals surface area contributed by atoms with Crippen LogP contribution in [0.5, 0.6) is 0 Å². The Morgan fingerprint density at radius 1 is 0.931 bits per heavy atom. The van der Waals surface area contributed by atoms with E-state index >= 15 is 0 Å². The number of hydrogen-bond acceptors (Lipinski definition) is 4. The molecule has 146 valence electrons. The number of anilines is 1. The smallest absolute Gasteiger partial charge is 0.255 e. The van der Waals surface area contributed by atoms with Gasteiger partial charge in [-0.3, -0.25) is 9.59 Å². The SMILES string of the molecule is CS(=O)(=O)C1NC(=O)c2c(NC(=O)c3ccccc3)ccc(-c3ccccc3)c21. The van der Waals surface area contributed by atoms with Gasteiger partial charge in [0.25, 0.3) is 11.8 Å². The molecule has 0 saturated heterocycles. The van der Waals surface area contributed by atoms with Crippen LogP contribution in [-0.2, 0) is 9.84 Å². The van der Waals surface area contributed by atoms with Gasteiger partial charge < -0.3 is 10.6 Å². The first kappa shape index (κ1) is 18.9. The molecule has 1 heterocycles. The predicted molar refractivity (Wildman–Crippen MR) is 111 cm³/mol. The zero-order chi connectivity index (χ0) is 20.6. The molecule has 0 saturated carbocycles. The fraction of sp³-hybridized carbons (Fsp3) is 0.0909. The average Bonchev–Trinajstić information content (AvgIpc) is 3.08. The van der Waals surface area contributed by atoms with Crippen LogP contribution in [0.25, 0.3) is 11.1 Å². The maximum Gasteiger partial charge on any atom is 0.255 e. The van der Waals surface area contributed by atoms with E-state index in [9.17, 15) is 18.0 Å². The van der Waals surface area contributed by atoms with Crippen LogP contribution in [0.3, 0.4) is 0 Å². The van der Waals surface area contributed by atoms with Gasteiger partial charge in [0, 0.05) is 17.4 Å². The molecule has 3 aromatic rings. The summed E-state index contributed by atoms with van der Waals surface area (Å²) in [6.45, 7) is 0. The van der Waals surface area contributed by atoms with E-state index in [0.717, 1.165) is 11.8 Å². The van der Waals surface area contributed by atoms with Crippen molar-refractivity contribution >= 4 is 27.3 Å². The lowest BCUT2D eigenvalue weighted by Crippen LogP contribution is -2.25. The first-order valence-electron chi connectivity index (χ1n) is 8.94. The van der Waals surface area contributed by atoms with Crippen molar-refractivity contribution in [3.8, 4) is 11.1 Å². The van der Waals surface area contributed by atoms with Gasteiger partial charge in [-0.05, 0) is 29.3 Å². The monoisotopic (exact) mass is 406 g/mol. The van der Waals surface area contributed by atoms with Crippen LogP contribution in [0.4, 0.5) is 5.69 Å². The van der Waals surface area contributed by atoms with E-state index in [2.05, 4.69) is 10.6 Å². The number of benzene rings is 3. The quantitative estimate of drug-likeness (QED) is 0.695. The lowest BCUT2D eigenvalue weighted by Gasteiger charge is -2.16. The molecule has 0 aliphatic carbocycles. The second-order valence-corrected chi connectivity index (χ2v) is 8.95. The van der Waals surface area contributed by atoms with Gasteiger partial charge in [-0.1, -0.05) is 54.6 Å². The largest absolute Gasteiger partial charge is 0.332 e. The van der Waals surface area contributed by atoms with Crippen LogP contribution in [-0.4, -0.2) is 26.5 Å². The second-order valence-electron chi connectivity index (χ2n) is 6.82. The molecule has 7 heteroatoms. The topological polar surface area (TPSA) is 92.3 Å². The zero-order valence-electron chi connectivity index (χ0n) is 15.5. The molecule has 3 aromatic carbocycles. The number of carbonyl (C=O) groups excluding carboxylic acids is 2. The normalized spacial score (nSPS) is 15.5. The van der Waals surface area contributed by atoms with Gasteiger partial charge in [0.15, 0.2) is 15.2 Å². The Bertz CT molecular complexity index is 1210. The molecule has 2 amide bonds. The lowest BCUT2D eigenvalue weighted by molar-refractivity contribution is 0.0964. The molecule has 6 nitrogen and oxygen atoms in total. The second kappa shape index (κ2) is 7.18. The number of fused-ring (bicyclic) bond motifs is 1. The fourth-order valence-corrected chi connectivity index (χ4v) is 4.47. The molecule has 1 aliphatic rings. The Kier molecular flexibility index (Phi) is 4.68. The predicted octanol–water partition coefficient (Wildman–Crippen LogP) is 3.39. The summed E-state index contributed by atoms with van der Waals surface area (Å²) in [6, 6.07) is 21.2. The molecule has 1 atom stereocenters. The molecule has 0 aromatic heterocycles. The molecule has 0 radical (unpaired) electrons. The van der Waals surface area contributed by atoms with E-state index in [1.807, 2.05) is 30.3 Å². The molecule has 0 fully saturated rings. The number of amides is 2. The third-order valence-corrected chi connectivity index (χ3v) is 6.00. The van der Waals surface area contributed by atoms with Crippen LogP contribution in [0.1, 0.15) is 31.7 Å². The summed E-state index contributed by atoms with van der Waals surface area (Å²) in [5, 5.41) is 4.12. The Hall–Kier alpha value is -3.45. The van der Waals surface area contributed by atoms with Crippen LogP contribution in [0.2, 0.25) is 0 Å². The Morgan fingerprint density at radius 2 is 1.55 bits per heavy atom. The van der Waals surface area contributed by atoms with Gasteiger partial charge in [-0.25, -0.2) is 8.42 Å². The molecule has 1 unspecified atom stereocenters. The van der Waals surface area contributed by atoms with Gasteiger partial charge >= 0.3 is 0 Å². The van der Waals surface area contributed by atoms with E-state index in [4.69, 9.17) is 0 Å². The molecule has 29 heavy (non-hydrogen) atoms. The van der Waals surface area contributed by atoms with Crippen LogP contribution < -0.4 is 10.6 Å². The van der Waals surface area contributed by atoms with E-state index < -0.39 is 21.1 Å². The highest BCUT2D eigenvalue weighted by Crippen LogP contribution is 2.41. The van der Waals surface area contributed by atoms with E-state index in [0.29, 0.717) is 16.7 Å². The minimum Gasteiger partial charge on any atom is -0.332 e. The third kappa shape index (κ3) is 3.52. The van der Waals surface area contributed by atoms with Crippen molar-refractivity contribution in [2.75, 3.05) is 11.6 Å². The van der Waals surface area contributed by atoms with Crippen molar-refractivity contribution in [1.82, 2.24) is 5.32 Å². The standard InChI is InChI=1S/C22H18N2O4S/c1-29(27,28)22-18-16(14-8-4-2-5-9-14)12-13-17(19(18)21(26)24-22)23-20(25)15-10-6-3-7-11-15/h2-13,22H,1H3,(H,23,25)(H,24,26). The van der Waals surface area contributed by atoms with Crippen LogP contribution >= 0.6 is 0 Å². The van der Waals surface area contributed by atoms with Crippen molar-refractivity contribution in [2.24, 2.45) is 0 Å². The Balaban J connectivity index is 1.87. The maximum atomic E-state index is 12.7. The molecule has 1 aliphatic heterocycles. The maximum absolute atomic E-state index is 12.7. The third-order valence-electron chi connectivity index (χ3n) is 4.79. The highest BCUT2D eigenvalue weighted by molar-refractivity contribution is 7.91. The van der Waals surface area contributed by atoms with Crippen molar-refractivity contribution in [1.29, 1.82) is 0 Å². The molecule has 0 bridgehead atoms. The average molecular weight is 406 g/mol. The zero-order valence-corrected chi connectivity index (χ0v) is 16.4. The van der Waals surface area contributed by atoms with Gasteiger partial charge in [0.2, 0.25) is 0 Å². The first-order chi connectivity index (χ1) is 13.9. The summed E-state index contributed by atoms with van der Waals surface area (Å²) in [7, 11) is -3.62. The highest BCUT2D eigenvalue weighted by Gasteiger charge is 2.39. The number of rotatable bonds is 4. The van der Waals surface area contributed by atoms with Crippen LogP contribution in [0.15, 0.2) is 72.8 Å². The summed E-state index contributed by atoms with van der Waals surface area (Å²) in [4.78, 5) is 25.3. The molecular formula is C22H18N2O4S. The number of nitrogens with one attached hydrogen (secondary N) is 2. The lowest BCUT2D eigenvalue weighted by atomic mass is 9.95. The Labute approximate surface area is 168 Å². The summed E-state index contributed by atoms with van der Waals surface area (Å²) < 4.78 is 24.8. The molecule has 2 N–H and O–H groups in total. The molecular weight excluding hydrogens is 388 g/mol. The summed E-state index contributed by atoms with van der Waals surface area (Å²) in [6.07, 6.45) is 1.08. The molecule has 4 rings (SSSR count). The summed E-state index contributed by atoms with van der Waals surface area (Å²) >= 11 is 0. The van der Waals surface area contributed by atoms with Crippen LogP contribution in [0, 0.1) is 0 Å². The van der Waals surface area contributed by atoms with Crippen molar-refractivity contribution in [2.45, 2.75) is 5.37 Å². The minimum absolute atomic E-state index is 0.172. The van der Waals surface area contributed by atoms with Crippen molar-refractivity contribution in [3.05, 3.63) is 89.5 Å². The molecule has 0 spiro atoms. The first-order valence-corrected chi connectivity index (χ1v) is 10.9. The minimum atomic E-state index is -3.62. The van der Waals surface area contributed by atoms with Gasteiger partial charge in [-0.15, -0.1) is 0 Å². The highest BCUT2D eigenvalue weighted by atomic mass is 32.2.